The van der Waals surface area contributed by atoms with Gasteiger partial charge in [-0.15, -0.1) is 11.8 Å². The smallest absolute Gasteiger partial charge is 0.240 e. The molecule has 0 aliphatic carbocycles. The second-order valence-electron chi connectivity index (χ2n) is 10.2. The third-order valence-corrected chi connectivity index (χ3v) is 7.77. The minimum atomic E-state index is -0.276. The molecule has 2 atom stereocenters. The van der Waals surface area contributed by atoms with Crippen LogP contribution in [0.5, 0.6) is 11.5 Å². The Morgan fingerprint density at radius 2 is 2.00 bits per heavy atom. The van der Waals surface area contributed by atoms with Gasteiger partial charge in [-0.25, -0.2) is 0 Å². The standard InChI is InChI=1S/C26H36N4O5S/c1-26(2,3)24-22-23(16-9-10-18(33-5)19(12-16)34-6)36-15-21(32)30(25(22)29(4)28-24)14-20(31)27-13-17-8-7-11-35-17/h9-10,12,17,23H,7-8,11,13-15H2,1-6H3,(H,27,31). The Balaban J connectivity index is 1.73. The molecule has 0 bridgehead atoms. The van der Waals surface area contributed by atoms with Crippen LogP contribution in [-0.4, -0.2) is 67.4 Å². The van der Waals surface area contributed by atoms with Crippen LogP contribution in [0.25, 0.3) is 0 Å². The molecule has 196 valence electrons. The monoisotopic (exact) mass is 516 g/mol. The van der Waals surface area contributed by atoms with Gasteiger partial charge in [-0.1, -0.05) is 26.8 Å². The van der Waals surface area contributed by atoms with Crippen LogP contribution in [0.2, 0.25) is 0 Å². The minimum Gasteiger partial charge on any atom is -0.493 e. The van der Waals surface area contributed by atoms with Gasteiger partial charge >= 0.3 is 0 Å². The number of carbonyl (C=O) groups excluding carboxylic acids is 2. The molecule has 0 spiro atoms. The van der Waals surface area contributed by atoms with Gasteiger partial charge in [-0.3, -0.25) is 19.2 Å². The zero-order chi connectivity index (χ0) is 26.0. The zero-order valence-corrected chi connectivity index (χ0v) is 22.7. The van der Waals surface area contributed by atoms with Crippen molar-refractivity contribution in [2.24, 2.45) is 7.05 Å². The van der Waals surface area contributed by atoms with Crippen molar-refractivity contribution in [3.63, 3.8) is 0 Å². The molecule has 1 fully saturated rings. The van der Waals surface area contributed by atoms with Crippen LogP contribution >= 0.6 is 11.8 Å². The van der Waals surface area contributed by atoms with Crippen molar-refractivity contribution in [1.29, 1.82) is 0 Å². The van der Waals surface area contributed by atoms with Crippen LogP contribution in [0.15, 0.2) is 18.2 Å². The average molecular weight is 517 g/mol. The van der Waals surface area contributed by atoms with E-state index in [-0.39, 0.29) is 40.9 Å². The molecular formula is C26H36N4O5S. The molecule has 0 radical (unpaired) electrons. The van der Waals surface area contributed by atoms with Gasteiger partial charge < -0.3 is 19.5 Å². The van der Waals surface area contributed by atoms with Crippen molar-refractivity contribution in [2.75, 3.05) is 44.6 Å². The van der Waals surface area contributed by atoms with Gasteiger partial charge in [0.05, 0.1) is 37.0 Å². The van der Waals surface area contributed by atoms with Crippen LogP contribution in [-0.2, 0) is 26.8 Å². The lowest BCUT2D eigenvalue weighted by Gasteiger charge is -2.24. The van der Waals surface area contributed by atoms with Crippen molar-refractivity contribution in [1.82, 2.24) is 15.1 Å². The molecule has 0 saturated carbocycles. The molecule has 2 unspecified atom stereocenters. The molecule has 2 aliphatic rings. The maximum Gasteiger partial charge on any atom is 0.240 e. The molecular weight excluding hydrogens is 480 g/mol. The SMILES string of the molecule is COc1ccc(C2SCC(=O)N(CC(=O)NCC3CCCO3)c3c2c(C(C)(C)C)nn3C)cc1OC. The van der Waals surface area contributed by atoms with Gasteiger partial charge in [0, 0.05) is 31.2 Å². The number of rotatable bonds is 7. The number of ether oxygens (including phenoxy) is 3. The highest BCUT2D eigenvalue weighted by Gasteiger charge is 2.39. The van der Waals surface area contributed by atoms with Crippen molar-refractivity contribution in [3.05, 3.63) is 35.0 Å². The summed E-state index contributed by atoms with van der Waals surface area (Å²) < 4.78 is 18.3. The van der Waals surface area contributed by atoms with Crippen molar-refractivity contribution in [3.8, 4) is 11.5 Å². The Bertz CT molecular complexity index is 1120. The maximum atomic E-state index is 13.4. The van der Waals surface area contributed by atoms with E-state index in [1.54, 1.807) is 23.8 Å². The van der Waals surface area contributed by atoms with Crippen molar-refractivity contribution < 1.29 is 23.8 Å². The van der Waals surface area contributed by atoms with Crippen LogP contribution in [0.1, 0.15) is 55.7 Å². The summed E-state index contributed by atoms with van der Waals surface area (Å²) in [6.07, 6.45) is 1.99. The van der Waals surface area contributed by atoms with E-state index >= 15 is 0 Å². The van der Waals surface area contributed by atoms with E-state index in [9.17, 15) is 9.59 Å². The zero-order valence-electron chi connectivity index (χ0n) is 21.9. The number of benzene rings is 1. The van der Waals surface area contributed by atoms with Crippen molar-refractivity contribution in [2.45, 2.75) is 50.4 Å². The first kappa shape index (κ1) is 26.3. The summed E-state index contributed by atoms with van der Waals surface area (Å²) in [7, 11) is 5.05. The lowest BCUT2D eigenvalue weighted by atomic mass is 9.87. The minimum absolute atomic E-state index is 0.0403. The molecule has 9 nitrogen and oxygen atoms in total. The van der Waals surface area contributed by atoms with Crippen LogP contribution in [0.4, 0.5) is 5.82 Å². The first-order chi connectivity index (χ1) is 17.1. The number of methoxy groups -OCH3 is 2. The molecule has 1 aromatic carbocycles. The Morgan fingerprint density at radius 3 is 2.64 bits per heavy atom. The number of anilines is 1. The first-order valence-electron chi connectivity index (χ1n) is 12.2. The van der Waals surface area contributed by atoms with Crippen molar-refractivity contribution >= 4 is 29.4 Å². The fraction of sp³-hybridized carbons (Fsp3) is 0.577. The third-order valence-electron chi connectivity index (χ3n) is 6.52. The van der Waals surface area contributed by atoms with E-state index in [1.165, 1.54) is 11.8 Å². The summed E-state index contributed by atoms with van der Waals surface area (Å²) in [5.41, 5.74) is 2.54. The number of nitrogens with zero attached hydrogens (tertiary/aromatic N) is 3. The number of aromatic nitrogens is 2. The average Bonchev–Trinajstić information content (AvgIpc) is 3.46. The van der Waals surface area contributed by atoms with E-state index in [0.29, 0.717) is 23.9 Å². The highest BCUT2D eigenvalue weighted by atomic mass is 32.2. The molecule has 10 heteroatoms. The van der Waals surface area contributed by atoms with Gasteiger partial charge in [0.15, 0.2) is 11.5 Å². The molecule has 1 saturated heterocycles. The largest absolute Gasteiger partial charge is 0.493 e. The van der Waals surface area contributed by atoms with Crippen LogP contribution in [0, 0.1) is 0 Å². The number of hydrogen-bond donors (Lipinski definition) is 1. The van der Waals surface area contributed by atoms with Gasteiger partial charge in [-0.2, -0.15) is 5.10 Å². The van der Waals surface area contributed by atoms with E-state index in [0.717, 1.165) is 36.3 Å². The normalized spacial score (nSPS) is 20.2. The molecule has 4 rings (SSSR count). The Labute approximate surface area is 216 Å². The fourth-order valence-corrected chi connectivity index (χ4v) is 5.94. The predicted octanol–water partition coefficient (Wildman–Crippen LogP) is 3.20. The summed E-state index contributed by atoms with van der Waals surface area (Å²) in [6.45, 7) is 7.44. The highest BCUT2D eigenvalue weighted by molar-refractivity contribution is 8.00. The summed E-state index contributed by atoms with van der Waals surface area (Å²) in [5.74, 6) is 1.82. The van der Waals surface area contributed by atoms with Gasteiger partial charge in [0.2, 0.25) is 11.8 Å². The molecule has 1 aromatic heterocycles. The molecule has 2 amide bonds. The van der Waals surface area contributed by atoms with Crippen LogP contribution < -0.4 is 19.7 Å². The number of nitrogens with one attached hydrogen (secondary N) is 1. The fourth-order valence-electron chi connectivity index (χ4n) is 4.76. The van der Waals surface area contributed by atoms with E-state index < -0.39 is 0 Å². The number of carbonyl (C=O) groups is 2. The molecule has 2 aromatic rings. The number of hydrogen-bond acceptors (Lipinski definition) is 7. The van der Waals surface area contributed by atoms with Gasteiger partial charge in [0.1, 0.15) is 12.4 Å². The quantitative estimate of drug-likeness (QED) is 0.604. The van der Waals surface area contributed by atoms with Gasteiger partial charge in [0.25, 0.3) is 0 Å². The van der Waals surface area contributed by atoms with Crippen LogP contribution in [0.3, 0.4) is 0 Å². The summed E-state index contributed by atoms with van der Waals surface area (Å²) in [6, 6.07) is 5.83. The molecule has 2 aliphatic heterocycles. The van der Waals surface area contributed by atoms with Gasteiger partial charge in [-0.05, 0) is 30.5 Å². The van der Waals surface area contributed by atoms with E-state index in [4.69, 9.17) is 19.3 Å². The Morgan fingerprint density at radius 1 is 1.25 bits per heavy atom. The van der Waals surface area contributed by atoms with E-state index in [1.807, 2.05) is 25.2 Å². The molecule has 1 N–H and O–H groups in total. The maximum absolute atomic E-state index is 13.4. The number of amides is 2. The lowest BCUT2D eigenvalue weighted by molar-refractivity contribution is -0.123. The topological polar surface area (TPSA) is 94.9 Å². The second-order valence-corrected chi connectivity index (χ2v) is 11.3. The first-order valence-corrected chi connectivity index (χ1v) is 13.3. The summed E-state index contributed by atoms with van der Waals surface area (Å²) in [5, 5.41) is 7.63. The van der Waals surface area contributed by atoms with E-state index in [2.05, 4.69) is 26.1 Å². The summed E-state index contributed by atoms with van der Waals surface area (Å²) >= 11 is 1.54. The molecule has 3 heterocycles. The second kappa shape index (κ2) is 10.7. The lowest BCUT2D eigenvalue weighted by Crippen LogP contribution is -2.44. The highest BCUT2D eigenvalue weighted by Crippen LogP contribution is 2.48. The summed E-state index contributed by atoms with van der Waals surface area (Å²) in [4.78, 5) is 27.9. The predicted molar refractivity (Wildman–Crippen MR) is 140 cm³/mol. The number of thioether (sulfide) groups is 1. The number of aryl methyl sites for hydroxylation is 1. The Hall–Kier alpha value is -2.72. The Kier molecular flexibility index (Phi) is 7.85. The molecule has 36 heavy (non-hydrogen) atoms. The number of fused-ring (bicyclic) bond motifs is 1. The third kappa shape index (κ3) is 5.34.